The molecule has 0 unspecified atom stereocenters. The first-order valence-corrected chi connectivity index (χ1v) is 10.5. The zero-order valence-electron chi connectivity index (χ0n) is 14.1. The minimum Gasteiger partial charge on any atom is -0.616 e. The lowest BCUT2D eigenvalue weighted by Gasteiger charge is -2.40. The van der Waals surface area contributed by atoms with E-state index in [1.54, 1.807) is 6.07 Å². The Hall–Kier alpha value is -0.790. The van der Waals surface area contributed by atoms with Gasteiger partial charge in [0.2, 0.25) is 0 Å². The van der Waals surface area contributed by atoms with Gasteiger partial charge in [0.05, 0.1) is 5.41 Å². The summed E-state index contributed by atoms with van der Waals surface area (Å²) >= 11 is -0.594. The molecule has 3 aliphatic rings. The van der Waals surface area contributed by atoms with Crippen molar-refractivity contribution in [3.05, 3.63) is 29.6 Å². The number of hydrogen-bond donors (Lipinski definition) is 0. The van der Waals surface area contributed by atoms with Gasteiger partial charge in [0.15, 0.2) is 0 Å². The van der Waals surface area contributed by atoms with Crippen LogP contribution < -0.4 is 0 Å². The normalized spacial score (nSPS) is 36.6. The van der Waals surface area contributed by atoms with E-state index in [-0.39, 0.29) is 0 Å². The molecular formula is C18H23F3N2OS. The second kappa shape index (κ2) is 6.43. The van der Waals surface area contributed by atoms with Crippen LogP contribution in [0.2, 0.25) is 0 Å². The summed E-state index contributed by atoms with van der Waals surface area (Å²) in [5.74, 6) is 2.06. The van der Waals surface area contributed by atoms with E-state index in [1.165, 1.54) is 12.6 Å². The molecule has 25 heavy (non-hydrogen) atoms. The summed E-state index contributed by atoms with van der Waals surface area (Å²) in [6.07, 6.45) is 2.40. The maximum atomic E-state index is 12.6. The van der Waals surface area contributed by atoms with Crippen molar-refractivity contribution in [1.29, 1.82) is 0 Å². The molecule has 1 spiro atoms. The molecule has 3 fully saturated rings. The summed E-state index contributed by atoms with van der Waals surface area (Å²) in [5, 5.41) is 0. The average molecular weight is 372 g/mol. The van der Waals surface area contributed by atoms with Crippen molar-refractivity contribution in [2.75, 3.05) is 24.6 Å². The van der Waals surface area contributed by atoms with Crippen LogP contribution in [0.25, 0.3) is 0 Å². The third kappa shape index (κ3) is 3.55. The van der Waals surface area contributed by atoms with Gasteiger partial charge in [-0.3, -0.25) is 9.88 Å². The van der Waals surface area contributed by atoms with Crippen LogP contribution in [-0.4, -0.2) is 45.1 Å². The average Bonchev–Trinajstić information content (AvgIpc) is 2.99. The Morgan fingerprint density at radius 1 is 1.16 bits per heavy atom. The van der Waals surface area contributed by atoms with Gasteiger partial charge < -0.3 is 4.55 Å². The van der Waals surface area contributed by atoms with E-state index in [4.69, 9.17) is 0 Å². The van der Waals surface area contributed by atoms with Gasteiger partial charge in [0.25, 0.3) is 0 Å². The molecule has 7 heteroatoms. The van der Waals surface area contributed by atoms with Crippen LogP contribution in [0.3, 0.4) is 0 Å². The van der Waals surface area contributed by atoms with E-state index in [0.29, 0.717) is 17.4 Å². The fraction of sp³-hybridized carbons (Fsp3) is 0.722. The molecule has 2 saturated heterocycles. The fourth-order valence-corrected chi connectivity index (χ4v) is 6.50. The predicted molar refractivity (Wildman–Crippen MR) is 90.7 cm³/mol. The first-order chi connectivity index (χ1) is 11.8. The van der Waals surface area contributed by atoms with Crippen molar-refractivity contribution in [2.45, 2.75) is 50.2 Å². The largest absolute Gasteiger partial charge is 0.616 e. The third-order valence-corrected chi connectivity index (χ3v) is 8.03. The zero-order valence-corrected chi connectivity index (χ0v) is 14.9. The van der Waals surface area contributed by atoms with Gasteiger partial charge in [-0.15, -0.1) is 0 Å². The summed E-state index contributed by atoms with van der Waals surface area (Å²) in [5.41, 5.74) is 0.433. The molecule has 2 aliphatic heterocycles. The molecule has 0 aromatic carbocycles. The number of aromatic nitrogens is 1. The van der Waals surface area contributed by atoms with E-state index in [9.17, 15) is 17.7 Å². The zero-order chi connectivity index (χ0) is 17.7. The van der Waals surface area contributed by atoms with Crippen LogP contribution in [-0.2, 0) is 17.4 Å². The molecule has 138 valence electrons. The van der Waals surface area contributed by atoms with Crippen molar-refractivity contribution < 1.29 is 17.7 Å². The molecule has 3 heterocycles. The number of hydrogen-bond acceptors (Lipinski definition) is 3. The first-order valence-electron chi connectivity index (χ1n) is 8.97. The highest BCUT2D eigenvalue weighted by Crippen LogP contribution is 2.44. The van der Waals surface area contributed by atoms with Crippen LogP contribution in [0, 0.1) is 5.41 Å². The lowest BCUT2D eigenvalue weighted by atomic mass is 9.81. The van der Waals surface area contributed by atoms with Crippen molar-refractivity contribution >= 4 is 11.2 Å². The number of likely N-dealkylation sites (tertiary alicyclic amines) is 1. The molecule has 0 N–H and O–H groups in total. The number of nitrogens with zero attached hydrogens (tertiary/aromatic N) is 2. The second-order valence-corrected chi connectivity index (χ2v) is 9.39. The maximum absolute atomic E-state index is 12.6. The number of halogens is 3. The minimum atomic E-state index is -4.37. The SMILES string of the molecule is [O-][S+]1CC2(CCN(C3CCC(c4ccc(C(F)(F)F)nc4)CC3)C2)C1. The number of pyridine rings is 1. The monoisotopic (exact) mass is 372 g/mol. The molecule has 0 radical (unpaired) electrons. The predicted octanol–water partition coefficient (Wildman–Crippen LogP) is 3.58. The maximum Gasteiger partial charge on any atom is 0.433 e. The van der Waals surface area contributed by atoms with Crippen LogP contribution >= 0.6 is 0 Å². The van der Waals surface area contributed by atoms with Crippen LogP contribution in [0.4, 0.5) is 13.2 Å². The van der Waals surface area contributed by atoms with Crippen LogP contribution in [0.5, 0.6) is 0 Å². The highest BCUT2D eigenvalue weighted by atomic mass is 32.2. The molecule has 1 aliphatic carbocycles. The fourth-order valence-electron chi connectivity index (χ4n) is 4.75. The Bertz CT molecular complexity index is 608. The molecule has 0 atom stereocenters. The van der Waals surface area contributed by atoms with Crippen molar-refractivity contribution in [3.8, 4) is 0 Å². The number of alkyl halides is 3. The van der Waals surface area contributed by atoms with Gasteiger partial charge in [-0.05, 0) is 56.2 Å². The highest BCUT2D eigenvalue weighted by Gasteiger charge is 2.53. The number of rotatable bonds is 2. The van der Waals surface area contributed by atoms with E-state index in [2.05, 4.69) is 9.88 Å². The Morgan fingerprint density at radius 3 is 2.44 bits per heavy atom. The van der Waals surface area contributed by atoms with Crippen molar-refractivity contribution in [2.24, 2.45) is 5.41 Å². The summed E-state index contributed by atoms with van der Waals surface area (Å²) in [7, 11) is 0. The Labute approximate surface area is 149 Å². The van der Waals surface area contributed by atoms with Gasteiger partial charge in [0, 0.05) is 18.8 Å². The summed E-state index contributed by atoms with van der Waals surface area (Å²) < 4.78 is 49.3. The highest BCUT2D eigenvalue weighted by molar-refractivity contribution is 7.92. The Balaban J connectivity index is 1.31. The molecule has 3 nitrogen and oxygen atoms in total. The smallest absolute Gasteiger partial charge is 0.433 e. The summed E-state index contributed by atoms with van der Waals surface area (Å²) in [6, 6.07) is 3.27. The topological polar surface area (TPSA) is 39.2 Å². The lowest BCUT2D eigenvalue weighted by Crippen LogP contribution is -2.51. The van der Waals surface area contributed by atoms with E-state index < -0.39 is 23.0 Å². The minimum absolute atomic E-state index is 0.318. The Kier molecular flexibility index (Phi) is 4.53. The van der Waals surface area contributed by atoms with E-state index in [1.807, 2.05) is 0 Å². The van der Waals surface area contributed by atoms with Crippen molar-refractivity contribution in [3.63, 3.8) is 0 Å². The molecule has 1 aromatic rings. The molecular weight excluding hydrogens is 349 g/mol. The van der Waals surface area contributed by atoms with Crippen molar-refractivity contribution in [1.82, 2.24) is 9.88 Å². The quantitative estimate of drug-likeness (QED) is 0.745. The van der Waals surface area contributed by atoms with E-state index >= 15 is 0 Å². The molecule has 0 bridgehead atoms. The molecule has 0 amide bonds. The Morgan fingerprint density at radius 2 is 1.88 bits per heavy atom. The van der Waals surface area contributed by atoms with Crippen LogP contribution in [0.15, 0.2) is 18.3 Å². The van der Waals surface area contributed by atoms with Gasteiger partial charge in [-0.2, -0.15) is 13.2 Å². The first kappa shape index (κ1) is 17.6. The van der Waals surface area contributed by atoms with Gasteiger partial charge in [-0.1, -0.05) is 17.2 Å². The standard InChI is InChI=1S/C18H23F3N2OS/c19-18(20,21)16-6-3-14(9-22-16)13-1-4-15(5-2-13)23-8-7-17(10-23)11-25(24)12-17/h3,6,9,13,15H,1-2,4-5,7-8,10-12H2. The molecule has 1 saturated carbocycles. The second-order valence-electron chi connectivity index (χ2n) is 7.93. The summed E-state index contributed by atoms with van der Waals surface area (Å²) in [4.78, 5) is 6.17. The van der Waals surface area contributed by atoms with Gasteiger partial charge in [0.1, 0.15) is 17.2 Å². The third-order valence-electron chi connectivity index (χ3n) is 6.16. The lowest BCUT2D eigenvalue weighted by molar-refractivity contribution is -0.141. The van der Waals surface area contributed by atoms with Crippen LogP contribution in [0.1, 0.15) is 49.3 Å². The van der Waals surface area contributed by atoms with Gasteiger partial charge in [-0.25, -0.2) is 0 Å². The molecule has 4 rings (SSSR count). The summed E-state index contributed by atoms with van der Waals surface area (Å²) in [6.45, 7) is 2.18. The van der Waals surface area contributed by atoms with E-state index in [0.717, 1.165) is 61.9 Å². The molecule has 1 aromatic heterocycles. The van der Waals surface area contributed by atoms with Gasteiger partial charge >= 0.3 is 6.18 Å².